The van der Waals surface area contributed by atoms with Crippen LogP contribution in [0, 0.1) is 12.8 Å². The number of halogens is 1. The van der Waals surface area contributed by atoms with Crippen LogP contribution in [-0.2, 0) is 6.54 Å². The molecule has 0 bridgehead atoms. The van der Waals surface area contributed by atoms with Crippen LogP contribution in [0.4, 0.5) is 5.69 Å². The van der Waals surface area contributed by atoms with Crippen molar-refractivity contribution in [3.8, 4) is 5.75 Å². The van der Waals surface area contributed by atoms with E-state index in [4.69, 9.17) is 16.3 Å². The van der Waals surface area contributed by atoms with E-state index in [0.29, 0.717) is 29.8 Å². The molecular formula is C22H21ClN4O. The number of H-pyrrole nitrogens is 1. The number of aromatic nitrogens is 3. The SMILES string of the molecule is Cc1ncccc1CNc1c(OCC2CC2)c(Cl)cc2c1[nH]c1cnccc12. The van der Waals surface area contributed by atoms with Gasteiger partial charge in [-0.05, 0) is 49.4 Å². The average Bonchev–Trinajstić information content (AvgIpc) is 3.46. The average molecular weight is 393 g/mol. The summed E-state index contributed by atoms with van der Waals surface area (Å²) in [6, 6.07) is 8.02. The molecule has 142 valence electrons. The summed E-state index contributed by atoms with van der Waals surface area (Å²) in [6.45, 7) is 3.36. The van der Waals surface area contributed by atoms with E-state index in [1.807, 2.05) is 37.5 Å². The Morgan fingerprint density at radius 1 is 1.25 bits per heavy atom. The molecule has 5 rings (SSSR count). The maximum Gasteiger partial charge on any atom is 0.163 e. The van der Waals surface area contributed by atoms with Gasteiger partial charge in [0.1, 0.15) is 5.69 Å². The Balaban J connectivity index is 1.61. The molecule has 3 heterocycles. The van der Waals surface area contributed by atoms with Gasteiger partial charge < -0.3 is 15.0 Å². The molecule has 0 aliphatic heterocycles. The predicted octanol–water partition coefficient (Wildman–Crippen LogP) is 5.47. The number of aryl methyl sites for hydroxylation is 1. The summed E-state index contributed by atoms with van der Waals surface area (Å²) in [4.78, 5) is 12.1. The summed E-state index contributed by atoms with van der Waals surface area (Å²) in [6.07, 6.45) is 7.91. The Morgan fingerprint density at radius 2 is 2.14 bits per heavy atom. The van der Waals surface area contributed by atoms with Gasteiger partial charge in [-0.1, -0.05) is 17.7 Å². The van der Waals surface area contributed by atoms with E-state index >= 15 is 0 Å². The first kappa shape index (κ1) is 17.3. The van der Waals surface area contributed by atoms with Gasteiger partial charge in [0.25, 0.3) is 0 Å². The molecule has 3 aromatic heterocycles. The number of nitrogens with one attached hydrogen (secondary N) is 2. The third kappa shape index (κ3) is 3.16. The molecule has 0 amide bonds. The number of aromatic amines is 1. The number of rotatable bonds is 6. The molecule has 28 heavy (non-hydrogen) atoms. The Morgan fingerprint density at radius 3 is 2.96 bits per heavy atom. The van der Waals surface area contributed by atoms with E-state index in [1.54, 1.807) is 6.20 Å². The minimum atomic E-state index is 0.622. The van der Waals surface area contributed by atoms with E-state index < -0.39 is 0 Å². The first-order valence-electron chi connectivity index (χ1n) is 9.56. The lowest BCUT2D eigenvalue weighted by molar-refractivity contribution is 0.301. The van der Waals surface area contributed by atoms with Crippen LogP contribution >= 0.6 is 11.6 Å². The Kier molecular flexibility index (Phi) is 4.32. The van der Waals surface area contributed by atoms with Crippen LogP contribution in [0.2, 0.25) is 5.02 Å². The van der Waals surface area contributed by atoms with Crippen LogP contribution in [0.15, 0.2) is 42.9 Å². The maximum atomic E-state index is 6.68. The lowest BCUT2D eigenvalue weighted by Crippen LogP contribution is -2.07. The lowest BCUT2D eigenvalue weighted by Gasteiger charge is -2.16. The molecule has 1 fully saturated rings. The van der Waals surface area contributed by atoms with Crippen molar-refractivity contribution in [2.75, 3.05) is 11.9 Å². The monoisotopic (exact) mass is 392 g/mol. The Bertz CT molecular complexity index is 1170. The van der Waals surface area contributed by atoms with Gasteiger partial charge in [0, 0.05) is 35.4 Å². The van der Waals surface area contributed by atoms with Crippen LogP contribution in [0.5, 0.6) is 5.75 Å². The summed E-state index contributed by atoms with van der Waals surface area (Å²) in [5.74, 6) is 1.36. The van der Waals surface area contributed by atoms with Gasteiger partial charge in [-0.3, -0.25) is 9.97 Å². The van der Waals surface area contributed by atoms with Gasteiger partial charge in [-0.15, -0.1) is 0 Å². The van der Waals surface area contributed by atoms with E-state index in [-0.39, 0.29) is 0 Å². The van der Waals surface area contributed by atoms with E-state index in [0.717, 1.165) is 38.8 Å². The van der Waals surface area contributed by atoms with Gasteiger partial charge in [-0.25, -0.2) is 0 Å². The first-order chi connectivity index (χ1) is 13.7. The molecule has 0 atom stereocenters. The predicted molar refractivity (Wildman–Crippen MR) is 113 cm³/mol. The summed E-state index contributed by atoms with van der Waals surface area (Å²) in [5.41, 5.74) is 5.01. The van der Waals surface area contributed by atoms with Crippen molar-refractivity contribution >= 4 is 39.1 Å². The second kappa shape index (κ2) is 6.99. The van der Waals surface area contributed by atoms with Crippen LogP contribution in [0.3, 0.4) is 0 Å². The quantitative estimate of drug-likeness (QED) is 0.456. The zero-order valence-corrected chi connectivity index (χ0v) is 16.4. The van der Waals surface area contributed by atoms with E-state index in [9.17, 15) is 0 Å². The van der Waals surface area contributed by atoms with Crippen molar-refractivity contribution < 1.29 is 4.74 Å². The second-order valence-corrected chi connectivity index (χ2v) is 7.79. The molecule has 1 aromatic carbocycles. The second-order valence-electron chi connectivity index (χ2n) is 7.39. The molecule has 2 N–H and O–H groups in total. The molecule has 1 saturated carbocycles. The third-order valence-electron chi connectivity index (χ3n) is 5.34. The number of hydrogen-bond acceptors (Lipinski definition) is 4. The molecule has 0 unspecified atom stereocenters. The molecule has 0 saturated heterocycles. The highest BCUT2D eigenvalue weighted by Crippen LogP contribution is 2.43. The van der Waals surface area contributed by atoms with E-state index in [1.165, 1.54) is 12.8 Å². The molecule has 5 nitrogen and oxygen atoms in total. The zero-order chi connectivity index (χ0) is 19.1. The number of ether oxygens (including phenoxy) is 1. The van der Waals surface area contributed by atoms with Crippen molar-refractivity contribution in [3.05, 3.63) is 59.1 Å². The fraction of sp³-hybridized carbons (Fsp3) is 0.273. The number of benzene rings is 1. The fourth-order valence-corrected chi connectivity index (χ4v) is 3.78. The summed E-state index contributed by atoms with van der Waals surface area (Å²) in [5, 5.41) is 6.34. The largest absolute Gasteiger partial charge is 0.489 e. The van der Waals surface area contributed by atoms with Gasteiger partial charge in [0.05, 0.1) is 28.9 Å². The van der Waals surface area contributed by atoms with Gasteiger partial charge in [0.15, 0.2) is 5.75 Å². The third-order valence-corrected chi connectivity index (χ3v) is 5.62. The molecule has 6 heteroatoms. The Labute approximate surface area is 168 Å². The summed E-state index contributed by atoms with van der Waals surface area (Å²) in [7, 11) is 0. The highest BCUT2D eigenvalue weighted by Gasteiger charge is 2.24. The number of nitrogens with zero attached hydrogens (tertiary/aromatic N) is 2. The molecule has 1 aliphatic rings. The van der Waals surface area contributed by atoms with Crippen molar-refractivity contribution in [2.45, 2.75) is 26.3 Å². The van der Waals surface area contributed by atoms with Gasteiger partial charge >= 0.3 is 0 Å². The summed E-state index contributed by atoms with van der Waals surface area (Å²) >= 11 is 6.68. The summed E-state index contributed by atoms with van der Waals surface area (Å²) < 4.78 is 6.17. The molecule has 0 radical (unpaired) electrons. The maximum absolute atomic E-state index is 6.68. The lowest BCUT2D eigenvalue weighted by atomic mass is 10.1. The van der Waals surface area contributed by atoms with Crippen molar-refractivity contribution in [3.63, 3.8) is 0 Å². The molecule has 1 aliphatic carbocycles. The fourth-order valence-electron chi connectivity index (χ4n) is 3.52. The van der Waals surface area contributed by atoms with Crippen LogP contribution < -0.4 is 10.1 Å². The molecule has 4 aromatic rings. The number of anilines is 1. The topological polar surface area (TPSA) is 62.8 Å². The Hall–Kier alpha value is -2.79. The number of fused-ring (bicyclic) bond motifs is 3. The number of hydrogen-bond donors (Lipinski definition) is 2. The van der Waals surface area contributed by atoms with Crippen molar-refractivity contribution in [1.82, 2.24) is 15.0 Å². The number of pyridine rings is 2. The van der Waals surface area contributed by atoms with Crippen molar-refractivity contribution in [1.29, 1.82) is 0 Å². The van der Waals surface area contributed by atoms with Crippen LogP contribution in [0.25, 0.3) is 21.8 Å². The van der Waals surface area contributed by atoms with E-state index in [2.05, 4.69) is 26.3 Å². The van der Waals surface area contributed by atoms with Gasteiger partial charge in [-0.2, -0.15) is 0 Å². The van der Waals surface area contributed by atoms with Crippen LogP contribution in [0.1, 0.15) is 24.1 Å². The standard InChI is InChI=1S/C22H21ClN4O/c1-13-15(3-2-7-25-13)10-26-21-20-17(16-6-8-24-11-19(16)27-20)9-18(23)22(21)28-12-14-4-5-14/h2-3,6-9,11,14,26-27H,4-5,10,12H2,1H3. The zero-order valence-electron chi connectivity index (χ0n) is 15.6. The highest BCUT2D eigenvalue weighted by molar-refractivity contribution is 6.34. The minimum Gasteiger partial charge on any atom is -0.489 e. The first-order valence-corrected chi connectivity index (χ1v) is 9.93. The minimum absolute atomic E-state index is 0.622. The van der Waals surface area contributed by atoms with Gasteiger partial charge in [0.2, 0.25) is 0 Å². The normalized spacial score (nSPS) is 13.9. The smallest absolute Gasteiger partial charge is 0.163 e. The molecule has 0 spiro atoms. The van der Waals surface area contributed by atoms with Crippen LogP contribution in [-0.4, -0.2) is 21.6 Å². The molecular weight excluding hydrogens is 372 g/mol. The van der Waals surface area contributed by atoms with Crippen molar-refractivity contribution in [2.24, 2.45) is 5.92 Å². The highest BCUT2D eigenvalue weighted by atomic mass is 35.5.